The summed E-state index contributed by atoms with van der Waals surface area (Å²) >= 11 is 0. The normalized spacial score (nSPS) is 13.4. The molecule has 0 aromatic heterocycles. The molecule has 1 unspecified atom stereocenters. The molecule has 0 rings (SSSR count). The van der Waals surface area contributed by atoms with E-state index in [1.54, 1.807) is 6.92 Å². The summed E-state index contributed by atoms with van der Waals surface area (Å²) in [4.78, 5) is 10.7. The number of amides is 1. The molecule has 4 heteroatoms. The maximum atomic E-state index is 10.7. The highest BCUT2D eigenvalue weighted by Crippen LogP contribution is 1.89. The zero-order chi connectivity index (χ0) is 8.69. The van der Waals surface area contributed by atoms with Crippen LogP contribution in [-0.2, 0) is 9.53 Å². The standard InChI is InChI=1S/C7H14N2O2/c1-3-4-5-11-6(2)7(10)9-8/h3-4,6H,5,8H2,1-2H3,(H,9,10)/b4-3+. The van der Waals surface area contributed by atoms with E-state index < -0.39 is 6.10 Å². The number of nitrogens with one attached hydrogen (secondary N) is 1. The van der Waals surface area contributed by atoms with Crippen LogP contribution in [0.25, 0.3) is 0 Å². The summed E-state index contributed by atoms with van der Waals surface area (Å²) in [5.41, 5.74) is 2.00. The summed E-state index contributed by atoms with van der Waals surface area (Å²) in [5, 5.41) is 0. The first kappa shape index (κ1) is 10.1. The molecule has 3 N–H and O–H groups in total. The van der Waals surface area contributed by atoms with Gasteiger partial charge in [0.05, 0.1) is 6.61 Å². The quantitative estimate of drug-likeness (QED) is 0.261. The molecular weight excluding hydrogens is 144 g/mol. The lowest BCUT2D eigenvalue weighted by Crippen LogP contribution is -2.38. The van der Waals surface area contributed by atoms with Crippen LogP contribution in [0.3, 0.4) is 0 Å². The molecule has 64 valence electrons. The number of allylic oxidation sites excluding steroid dienone is 1. The van der Waals surface area contributed by atoms with Gasteiger partial charge < -0.3 is 4.74 Å². The van der Waals surface area contributed by atoms with Gasteiger partial charge in [0.1, 0.15) is 6.10 Å². The van der Waals surface area contributed by atoms with Crippen molar-refractivity contribution in [1.29, 1.82) is 0 Å². The van der Waals surface area contributed by atoms with Gasteiger partial charge >= 0.3 is 0 Å². The molecule has 1 atom stereocenters. The molecule has 0 aromatic rings. The topological polar surface area (TPSA) is 64.3 Å². The van der Waals surface area contributed by atoms with Crippen molar-refractivity contribution >= 4 is 5.91 Å². The number of hydrogen-bond acceptors (Lipinski definition) is 3. The van der Waals surface area contributed by atoms with Crippen LogP contribution >= 0.6 is 0 Å². The maximum absolute atomic E-state index is 10.7. The van der Waals surface area contributed by atoms with E-state index in [1.165, 1.54) is 0 Å². The Balaban J connectivity index is 3.51. The average Bonchev–Trinajstić information content (AvgIpc) is 2.03. The van der Waals surface area contributed by atoms with Crippen molar-refractivity contribution in [3.63, 3.8) is 0 Å². The highest BCUT2D eigenvalue weighted by Gasteiger charge is 2.09. The molecule has 0 saturated carbocycles. The Labute approximate surface area is 66.4 Å². The second kappa shape index (κ2) is 5.88. The predicted octanol–water partition coefficient (Wildman–Crippen LogP) is -0.0425. The molecule has 0 fully saturated rings. The lowest BCUT2D eigenvalue weighted by atomic mass is 10.4. The van der Waals surface area contributed by atoms with Crippen molar-refractivity contribution in [3.8, 4) is 0 Å². The first-order valence-electron chi connectivity index (χ1n) is 3.45. The number of carbonyl (C=O) groups excluding carboxylic acids is 1. The zero-order valence-corrected chi connectivity index (χ0v) is 6.83. The molecule has 0 heterocycles. The average molecular weight is 158 g/mol. The molecule has 0 saturated heterocycles. The van der Waals surface area contributed by atoms with E-state index in [4.69, 9.17) is 10.6 Å². The largest absolute Gasteiger partial charge is 0.365 e. The van der Waals surface area contributed by atoms with E-state index in [2.05, 4.69) is 0 Å². The molecule has 0 bridgehead atoms. The molecule has 0 aliphatic rings. The monoisotopic (exact) mass is 158 g/mol. The van der Waals surface area contributed by atoms with Crippen molar-refractivity contribution < 1.29 is 9.53 Å². The van der Waals surface area contributed by atoms with Crippen LogP contribution < -0.4 is 11.3 Å². The van der Waals surface area contributed by atoms with Crippen LogP contribution in [0.2, 0.25) is 0 Å². The van der Waals surface area contributed by atoms with Gasteiger partial charge in [0, 0.05) is 0 Å². The number of nitrogens with two attached hydrogens (primary N) is 1. The number of hydrazine groups is 1. The van der Waals surface area contributed by atoms with Gasteiger partial charge in [-0.2, -0.15) is 0 Å². The molecule has 0 spiro atoms. The van der Waals surface area contributed by atoms with Gasteiger partial charge in [-0.05, 0) is 13.8 Å². The van der Waals surface area contributed by atoms with E-state index in [9.17, 15) is 4.79 Å². The Morgan fingerprint density at radius 1 is 1.82 bits per heavy atom. The summed E-state index contributed by atoms with van der Waals surface area (Å²) in [7, 11) is 0. The molecular formula is C7H14N2O2. The van der Waals surface area contributed by atoms with Gasteiger partial charge in [-0.15, -0.1) is 0 Å². The fourth-order valence-electron chi connectivity index (χ4n) is 0.489. The number of rotatable bonds is 4. The molecule has 0 radical (unpaired) electrons. The fourth-order valence-corrected chi connectivity index (χ4v) is 0.489. The molecule has 0 aliphatic heterocycles. The Bertz CT molecular complexity index is 145. The van der Waals surface area contributed by atoms with Gasteiger partial charge in [0.2, 0.25) is 0 Å². The first-order chi connectivity index (χ1) is 5.22. The lowest BCUT2D eigenvalue weighted by Gasteiger charge is -2.08. The molecule has 11 heavy (non-hydrogen) atoms. The molecule has 0 aliphatic carbocycles. The summed E-state index contributed by atoms with van der Waals surface area (Å²) in [5.74, 6) is 4.57. The summed E-state index contributed by atoms with van der Waals surface area (Å²) in [6.45, 7) is 3.97. The van der Waals surface area contributed by atoms with E-state index in [-0.39, 0.29) is 5.91 Å². The molecule has 4 nitrogen and oxygen atoms in total. The Hall–Kier alpha value is -0.870. The highest BCUT2D eigenvalue weighted by molar-refractivity contribution is 5.79. The third-order valence-corrected chi connectivity index (χ3v) is 1.19. The smallest absolute Gasteiger partial charge is 0.262 e. The first-order valence-corrected chi connectivity index (χ1v) is 3.45. The minimum absolute atomic E-state index is 0.311. The summed E-state index contributed by atoms with van der Waals surface area (Å²) in [6.07, 6.45) is 3.18. The van der Waals surface area contributed by atoms with Gasteiger partial charge in [-0.1, -0.05) is 12.2 Å². The van der Waals surface area contributed by atoms with Crippen LogP contribution in [0.5, 0.6) is 0 Å². The highest BCUT2D eigenvalue weighted by atomic mass is 16.5. The predicted molar refractivity (Wildman–Crippen MR) is 42.6 cm³/mol. The van der Waals surface area contributed by atoms with Gasteiger partial charge in [0.15, 0.2) is 0 Å². The SMILES string of the molecule is C/C=C/COC(C)C(=O)NN. The van der Waals surface area contributed by atoms with Gasteiger partial charge in [-0.3, -0.25) is 10.2 Å². The van der Waals surface area contributed by atoms with Crippen molar-refractivity contribution in [1.82, 2.24) is 5.43 Å². The number of carbonyl (C=O) groups is 1. The summed E-state index contributed by atoms with van der Waals surface area (Å²) in [6, 6.07) is 0. The van der Waals surface area contributed by atoms with Crippen molar-refractivity contribution in [2.45, 2.75) is 20.0 Å². The minimum Gasteiger partial charge on any atom is -0.365 e. The minimum atomic E-state index is -0.490. The van der Waals surface area contributed by atoms with Crippen LogP contribution in [-0.4, -0.2) is 18.6 Å². The number of hydrogen-bond donors (Lipinski definition) is 2. The van der Waals surface area contributed by atoms with Crippen molar-refractivity contribution in [2.75, 3.05) is 6.61 Å². The fraction of sp³-hybridized carbons (Fsp3) is 0.571. The molecule has 1 amide bonds. The Morgan fingerprint density at radius 3 is 2.91 bits per heavy atom. The second-order valence-electron chi connectivity index (χ2n) is 2.05. The van der Waals surface area contributed by atoms with Crippen molar-refractivity contribution in [3.05, 3.63) is 12.2 Å². The van der Waals surface area contributed by atoms with E-state index in [0.29, 0.717) is 6.61 Å². The van der Waals surface area contributed by atoms with E-state index in [0.717, 1.165) is 0 Å². The van der Waals surface area contributed by atoms with Crippen LogP contribution in [0.4, 0.5) is 0 Å². The zero-order valence-electron chi connectivity index (χ0n) is 6.83. The Kier molecular flexibility index (Phi) is 5.42. The van der Waals surface area contributed by atoms with E-state index >= 15 is 0 Å². The third-order valence-electron chi connectivity index (χ3n) is 1.19. The van der Waals surface area contributed by atoms with E-state index in [1.807, 2.05) is 24.5 Å². The Morgan fingerprint density at radius 2 is 2.45 bits per heavy atom. The second-order valence-corrected chi connectivity index (χ2v) is 2.05. The van der Waals surface area contributed by atoms with Crippen molar-refractivity contribution in [2.24, 2.45) is 5.84 Å². The number of ether oxygens (including phenoxy) is 1. The van der Waals surface area contributed by atoms with Gasteiger partial charge in [0.25, 0.3) is 5.91 Å². The molecule has 0 aromatic carbocycles. The lowest BCUT2D eigenvalue weighted by molar-refractivity contribution is -0.131. The van der Waals surface area contributed by atoms with Gasteiger partial charge in [-0.25, -0.2) is 5.84 Å². The third kappa shape index (κ3) is 4.52. The van der Waals surface area contributed by atoms with Crippen LogP contribution in [0, 0.1) is 0 Å². The maximum Gasteiger partial charge on any atom is 0.262 e. The summed E-state index contributed by atoms with van der Waals surface area (Å²) < 4.78 is 5.06. The van der Waals surface area contributed by atoms with Crippen LogP contribution in [0.15, 0.2) is 12.2 Å². The van der Waals surface area contributed by atoms with Crippen LogP contribution in [0.1, 0.15) is 13.8 Å².